The van der Waals surface area contributed by atoms with Crippen molar-refractivity contribution in [3.05, 3.63) is 48.5 Å². The highest BCUT2D eigenvalue weighted by Gasteiger charge is 2.23. The minimum Gasteiger partial charge on any atom is -0.493 e. The first kappa shape index (κ1) is 8.53. The second kappa shape index (κ2) is 3.42. The fourth-order valence-electron chi connectivity index (χ4n) is 2.03. The number of aromatic nitrogens is 2. The maximum Gasteiger partial charge on any atom is 0.122 e. The summed E-state index contributed by atoms with van der Waals surface area (Å²) in [6.45, 7) is 1.72. The van der Waals surface area contributed by atoms with Crippen LogP contribution in [0.5, 0.6) is 5.75 Å². The zero-order valence-electron chi connectivity index (χ0n) is 8.34. The average Bonchev–Trinajstić information content (AvgIpc) is 2.89. The zero-order valence-corrected chi connectivity index (χ0v) is 8.34. The lowest BCUT2D eigenvalue weighted by Gasteiger charge is -2.08. The Labute approximate surface area is 88.3 Å². The zero-order chi connectivity index (χ0) is 10.1. The summed E-state index contributed by atoms with van der Waals surface area (Å²) in [5.41, 5.74) is 1.31. The molecule has 0 spiro atoms. The van der Waals surface area contributed by atoms with Gasteiger partial charge in [-0.15, -0.1) is 0 Å². The number of para-hydroxylation sites is 1. The SMILES string of the molecule is c1ccc2c(c1)OCC2Cn1ccnc1. The van der Waals surface area contributed by atoms with Crippen LogP contribution in [0.25, 0.3) is 0 Å². The molecule has 1 unspecified atom stereocenters. The molecule has 0 bridgehead atoms. The molecule has 2 aromatic rings. The lowest BCUT2D eigenvalue weighted by atomic mass is 10.0. The van der Waals surface area contributed by atoms with Crippen molar-refractivity contribution in [2.75, 3.05) is 6.61 Å². The van der Waals surface area contributed by atoms with Crippen molar-refractivity contribution in [1.29, 1.82) is 0 Å². The van der Waals surface area contributed by atoms with Gasteiger partial charge in [0.05, 0.1) is 12.9 Å². The standard InChI is InChI=1S/C12H12N2O/c1-2-4-12-11(3-1)10(8-15-12)7-14-6-5-13-9-14/h1-6,9-10H,7-8H2. The van der Waals surface area contributed by atoms with E-state index in [2.05, 4.69) is 21.7 Å². The van der Waals surface area contributed by atoms with Gasteiger partial charge in [-0.25, -0.2) is 4.98 Å². The Morgan fingerprint density at radius 3 is 3.20 bits per heavy atom. The van der Waals surface area contributed by atoms with Gasteiger partial charge in [0.2, 0.25) is 0 Å². The first-order valence-electron chi connectivity index (χ1n) is 5.11. The van der Waals surface area contributed by atoms with Gasteiger partial charge in [0.25, 0.3) is 0 Å². The molecule has 2 heterocycles. The Bertz CT molecular complexity index is 450. The highest BCUT2D eigenvalue weighted by atomic mass is 16.5. The van der Waals surface area contributed by atoms with E-state index in [0.29, 0.717) is 5.92 Å². The second-order valence-electron chi connectivity index (χ2n) is 3.81. The molecule has 0 fully saturated rings. The van der Waals surface area contributed by atoms with Crippen molar-refractivity contribution in [2.45, 2.75) is 12.5 Å². The van der Waals surface area contributed by atoms with Gasteiger partial charge in [0, 0.05) is 30.4 Å². The van der Waals surface area contributed by atoms with Crippen LogP contribution in [0, 0.1) is 0 Å². The maximum atomic E-state index is 5.63. The van der Waals surface area contributed by atoms with Gasteiger partial charge in [-0.2, -0.15) is 0 Å². The molecule has 1 aliphatic heterocycles. The first-order valence-corrected chi connectivity index (χ1v) is 5.11. The van der Waals surface area contributed by atoms with Gasteiger partial charge in [-0.3, -0.25) is 0 Å². The predicted octanol–water partition coefficient (Wildman–Crippen LogP) is 2.06. The molecule has 15 heavy (non-hydrogen) atoms. The molecule has 0 amide bonds. The molecule has 0 saturated heterocycles. The fourth-order valence-corrected chi connectivity index (χ4v) is 2.03. The Hall–Kier alpha value is -1.77. The van der Waals surface area contributed by atoms with Crippen molar-refractivity contribution >= 4 is 0 Å². The van der Waals surface area contributed by atoms with Gasteiger partial charge in [-0.1, -0.05) is 18.2 Å². The van der Waals surface area contributed by atoms with Crippen LogP contribution in [0.4, 0.5) is 0 Å². The van der Waals surface area contributed by atoms with Gasteiger partial charge < -0.3 is 9.30 Å². The van der Waals surface area contributed by atoms with Crippen LogP contribution in [0.1, 0.15) is 11.5 Å². The van der Waals surface area contributed by atoms with Crippen molar-refractivity contribution in [3.8, 4) is 5.75 Å². The van der Waals surface area contributed by atoms with Crippen LogP contribution in [-0.2, 0) is 6.54 Å². The van der Waals surface area contributed by atoms with Crippen LogP contribution in [0.3, 0.4) is 0 Å². The van der Waals surface area contributed by atoms with Gasteiger partial charge in [0.1, 0.15) is 5.75 Å². The van der Waals surface area contributed by atoms with Crippen LogP contribution in [0.2, 0.25) is 0 Å². The minimum absolute atomic E-state index is 0.454. The third kappa shape index (κ3) is 1.50. The number of fused-ring (bicyclic) bond motifs is 1. The van der Waals surface area contributed by atoms with Gasteiger partial charge in [0.15, 0.2) is 0 Å². The molecule has 76 valence electrons. The number of hydrogen-bond acceptors (Lipinski definition) is 2. The smallest absolute Gasteiger partial charge is 0.122 e. The second-order valence-corrected chi connectivity index (χ2v) is 3.81. The molecule has 3 nitrogen and oxygen atoms in total. The van der Waals surface area contributed by atoms with Crippen LogP contribution >= 0.6 is 0 Å². The Balaban J connectivity index is 1.85. The van der Waals surface area contributed by atoms with Crippen LogP contribution in [-0.4, -0.2) is 16.2 Å². The molecule has 0 radical (unpaired) electrons. The summed E-state index contributed by atoms with van der Waals surface area (Å²) in [6.07, 6.45) is 5.64. The highest BCUT2D eigenvalue weighted by molar-refractivity contribution is 5.39. The number of benzene rings is 1. The maximum absolute atomic E-state index is 5.63. The van der Waals surface area contributed by atoms with E-state index in [1.807, 2.05) is 30.9 Å². The molecule has 0 N–H and O–H groups in total. The van der Waals surface area contributed by atoms with Gasteiger partial charge in [-0.05, 0) is 6.07 Å². The predicted molar refractivity (Wildman–Crippen MR) is 56.9 cm³/mol. The number of hydrogen-bond donors (Lipinski definition) is 0. The number of ether oxygens (including phenoxy) is 1. The largest absolute Gasteiger partial charge is 0.493 e. The minimum atomic E-state index is 0.454. The monoisotopic (exact) mass is 200 g/mol. The summed E-state index contributed by atoms with van der Waals surface area (Å²) in [5, 5.41) is 0. The topological polar surface area (TPSA) is 27.1 Å². The van der Waals surface area contributed by atoms with E-state index >= 15 is 0 Å². The first-order chi connectivity index (χ1) is 7.43. The molecule has 3 rings (SSSR count). The fraction of sp³-hybridized carbons (Fsp3) is 0.250. The molecule has 1 aromatic carbocycles. The molecule has 0 aliphatic carbocycles. The van der Waals surface area contributed by atoms with Crippen molar-refractivity contribution in [1.82, 2.24) is 9.55 Å². The summed E-state index contributed by atoms with van der Waals surface area (Å²) >= 11 is 0. The van der Waals surface area contributed by atoms with E-state index in [1.165, 1.54) is 5.56 Å². The highest BCUT2D eigenvalue weighted by Crippen LogP contribution is 2.34. The summed E-state index contributed by atoms with van der Waals surface area (Å²) in [6, 6.07) is 8.25. The van der Waals surface area contributed by atoms with Crippen LogP contribution < -0.4 is 4.74 Å². The molecule has 1 aromatic heterocycles. The average molecular weight is 200 g/mol. The third-order valence-electron chi connectivity index (χ3n) is 2.79. The summed E-state index contributed by atoms with van der Waals surface area (Å²) in [7, 11) is 0. The Morgan fingerprint density at radius 2 is 2.33 bits per heavy atom. The molecule has 1 aliphatic rings. The van der Waals surface area contributed by atoms with E-state index in [9.17, 15) is 0 Å². The van der Waals surface area contributed by atoms with Crippen molar-refractivity contribution in [2.24, 2.45) is 0 Å². The lowest BCUT2D eigenvalue weighted by molar-refractivity contribution is 0.319. The normalized spacial score (nSPS) is 18.5. The molecular formula is C12H12N2O. The number of imidazole rings is 1. The van der Waals surface area contributed by atoms with E-state index in [0.717, 1.165) is 18.9 Å². The number of nitrogens with zero attached hydrogens (tertiary/aromatic N) is 2. The quantitative estimate of drug-likeness (QED) is 0.742. The Kier molecular flexibility index (Phi) is 1.95. The molecular weight excluding hydrogens is 188 g/mol. The summed E-state index contributed by atoms with van der Waals surface area (Å²) in [4.78, 5) is 4.04. The van der Waals surface area contributed by atoms with Gasteiger partial charge >= 0.3 is 0 Å². The number of rotatable bonds is 2. The van der Waals surface area contributed by atoms with E-state index in [1.54, 1.807) is 0 Å². The summed E-state index contributed by atoms with van der Waals surface area (Å²) < 4.78 is 7.72. The summed E-state index contributed by atoms with van der Waals surface area (Å²) in [5.74, 6) is 1.48. The van der Waals surface area contributed by atoms with Crippen LogP contribution in [0.15, 0.2) is 43.0 Å². The Morgan fingerprint density at radius 1 is 1.40 bits per heavy atom. The molecule has 1 atom stereocenters. The van der Waals surface area contributed by atoms with E-state index in [4.69, 9.17) is 4.74 Å². The molecule has 3 heteroatoms. The van der Waals surface area contributed by atoms with Crippen molar-refractivity contribution in [3.63, 3.8) is 0 Å². The van der Waals surface area contributed by atoms with Crippen molar-refractivity contribution < 1.29 is 4.74 Å². The van der Waals surface area contributed by atoms with E-state index < -0.39 is 0 Å². The van der Waals surface area contributed by atoms with E-state index in [-0.39, 0.29) is 0 Å². The third-order valence-corrected chi connectivity index (χ3v) is 2.79. The molecule has 0 saturated carbocycles. The lowest BCUT2D eigenvalue weighted by Crippen LogP contribution is -2.09.